The monoisotopic (exact) mass is 536 g/mol. The van der Waals surface area contributed by atoms with Gasteiger partial charge in [-0.1, -0.05) is 66.9 Å². The second-order valence-corrected chi connectivity index (χ2v) is 12.5. The molecule has 3 aliphatic carbocycles. The quantitative estimate of drug-likeness (QED) is 0.269. The fraction of sp³-hybridized carbons (Fsp3) is 0.759. The minimum absolute atomic E-state index is 0.168. The molecule has 2 N–H and O–H groups in total. The summed E-state index contributed by atoms with van der Waals surface area (Å²) in [5.41, 5.74) is 3.06. The third kappa shape index (κ3) is 6.64. The maximum absolute atomic E-state index is 11.7. The van der Waals surface area contributed by atoms with E-state index in [0.717, 1.165) is 36.3 Å². The molecule has 0 spiro atoms. The van der Waals surface area contributed by atoms with Crippen LogP contribution in [-0.2, 0) is 9.53 Å². The maximum atomic E-state index is 11.7. The van der Waals surface area contributed by atoms with Crippen molar-refractivity contribution in [2.75, 3.05) is 5.33 Å². The van der Waals surface area contributed by atoms with Gasteiger partial charge in [0.2, 0.25) is 0 Å². The Morgan fingerprint density at radius 2 is 2.09 bits per heavy atom. The number of halogens is 1. The number of fused-ring (bicyclic) bond motifs is 1. The van der Waals surface area contributed by atoms with E-state index in [1.165, 1.54) is 37.7 Å². The van der Waals surface area contributed by atoms with Crippen molar-refractivity contribution in [3.05, 3.63) is 35.5 Å². The lowest BCUT2D eigenvalue weighted by atomic mass is 9.60. The summed E-state index contributed by atoms with van der Waals surface area (Å²) in [5.74, 6) is 1.73. The van der Waals surface area contributed by atoms with Crippen molar-refractivity contribution >= 4 is 21.9 Å². The lowest BCUT2D eigenvalue weighted by Gasteiger charge is -2.44. The van der Waals surface area contributed by atoms with E-state index in [0.29, 0.717) is 30.1 Å². The van der Waals surface area contributed by atoms with Crippen molar-refractivity contribution in [1.82, 2.24) is 0 Å². The minimum atomic E-state index is -0.663. The molecule has 0 heterocycles. The zero-order valence-electron chi connectivity index (χ0n) is 21.6. The molecule has 192 valence electrons. The van der Waals surface area contributed by atoms with Gasteiger partial charge in [0, 0.05) is 12.8 Å². The van der Waals surface area contributed by atoms with Gasteiger partial charge in [0.05, 0.1) is 11.7 Å². The van der Waals surface area contributed by atoms with Crippen molar-refractivity contribution in [2.45, 2.75) is 110 Å². The number of aliphatic hydroxyl groups is 2. The topological polar surface area (TPSA) is 66.8 Å². The van der Waals surface area contributed by atoms with Gasteiger partial charge >= 0.3 is 5.97 Å². The summed E-state index contributed by atoms with van der Waals surface area (Å²) >= 11 is 3.14. The molecule has 0 aromatic rings. The second kappa shape index (κ2) is 11.4. The largest absolute Gasteiger partial charge is 0.461 e. The third-order valence-corrected chi connectivity index (χ3v) is 9.28. The van der Waals surface area contributed by atoms with Gasteiger partial charge in [0.15, 0.2) is 0 Å². The molecule has 0 radical (unpaired) electrons. The van der Waals surface area contributed by atoms with Crippen LogP contribution in [0.1, 0.15) is 91.9 Å². The van der Waals surface area contributed by atoms with Gasteiger partial charge in [-0.05, 0) is 86.7 Å². The van der Waals surface area contributed by atoms with E-state index in [9.17, 15) is 15.0 Å². The summed E-state index contributed by atoms with van der Waals surface area (Å²) < 4.78 is 5.50. The number of carbonyl (C=O) groups excluding carboxylic acids is 1. The van der Waals surface area contributed by atoms with Crippen molar-refractivity contribution in [1.29, 1.82) is 0 Å². The number of aliphatic hydroxyl groups excluding tert-OH is 1. The number of ether oxygens (including phenoxy) is 1. The molecule has 34 heavy (non-hydrogen) atoms. The van der Waals surface area contributed by atoms with E-state index in [4.69, 9.17) is 4.74 Å². The third-order valence-electron chi connectivity index (χ3n) is 8.83. The predicted molar refractivity (Wildman–Crippen MR) is 142 cm³/mol. The van der Waals surface area contributed by atoms with Gasteiger partial charge in [-0.25, -0.2) is 0 Å². The van der Waals surface area contributed by atoms with E-state index in [2.05, 4.69) is 48.5 Å². The SMILES string of the molecule is C=C1/C(=C\C=C2/CCC[C@]3(C)[C@@H]([C@H](C)CCCC(C)(C)O)CC[C@@H]23)C[C@@H](OC(=O)CBr)C[C@@H]1O. The van der Waals surface area contributed by atoms with Crippen molar-refractivity contribution < 1.29 is 19.7 Å². The van der Waals surface area contributed by atoms with E-state index in [-0.39, 0.29) is 17.4 Å². The number of carbonyl (C=O) groups is 1. The van der Waals surface area contributed by atoms with Gasteiger partial charge in [-0.2, -0.15) is 0 Å². The Kier molecular flexibility index (Phi) is 9.30. The first kappa shape index (κ1) is 27.7. The molecule has 3 rings (SSSR count). The van der Waals surface area contributed by atoms with Crippen LogP contribution in [-0.4, -0.2) is 39.3 Å². The van der Waals surface area contributed by atoms with Crippen LogP contribution in [0.25, 0.3) is 0 Å². The first-order valence-corrected chi connectivity index (χ1v) is 14.3. The molecule has 0 aromatic heterocycles. The van der Waals surface area contributed by atoms with Gasteiger partial charge < -0.3 is 14.9 Å². The molecule has 0 saturated heterocycles. The highest BCUT2D eigenvalue weighted by Gasteiger charge is 2.50. The van der Waals surface area contributed by atoms with Crippen LogP contribution in [0.5, 0.6) is 0 Å². The molecule has 6 atom stereocenters. The second-order valence-electron chi connectivity index (χ2n) is 11.9. The highest BCUT2D eigenvalue weighted by molar-refractivity contribution is 9.09. The number of alkyl halides is 1. The number of hydrogen-bond acceptors (Lipinski definition) is 4. The molecule has 3 saturated carbocycles. The molecule has 0 unspecified atom stereocenters. The zero-order valence-corrected chi connectivity index (χ0v) is 23.2. The van der Waals surface area contributed by atoms with Crippen LogP contribution in [0, 0.1) is 23.2 Å². The van der Waals surface area contributed by atoms with Crippen LogP contribution in [0.2, 0.25) is 0 Å². The summed E-state index contributed by atoms with van der Waals surface area (Å²) in [6.07, 6.45) is 13.8. The molecule has 3 fully saturated rings. The molecule has 0 bridgehead atoms. The zero-order chi connectivity index (χ0) is 25.1. The van der Waals surface area contributed by atoms with E-state index < -0.39 is 11.7 Å². The van der Waals surface area contributed by atoms with Crippen molar-refractivity contribution in [2.24, 2.45) is 23.2 Å². The highest BCUT2D eigenvalue weighted by Crippen LogP contribution is 2.60. The highest BCUT2D eigenvalue weighted by atomic mass is 79.9. The molecule has 0 aromatic carbocycles. The van der Waals surface area contributed by atoms with Crippen LogP contribution in [0.3, 0.4) is 0 Å². The first-order valence-electron chi connectivity index (χ1n) is 13.2. The number of rotatable bonds is 8. The fourth-order valence-corrected chi connectivity index (χ4v) is 7.16. The van der Waals surface area contributed by atoms with Crippen LogP contribution < -0.4 is 0 Å². The van der Waals surface area contributed by atoms with E-state index in [1.54, 1.807) is 0 Å². The Labute approximate surface area is 215 Å². The fourth-order valence-electron chi connectivity index (χ4n) is 7.03. The Morgan fingerprint density at radius 1 is 1.35 bits per heavy atom. The molecule has 4 nitrogen and oxygen atoms in total. The summed E-state index contributed by atoms with van der Waals surface area (Å²) in [4.78, 5) is 11.7. The summed E-state index contributed by atoms with van der Waals surface area (Å²) in [5, 5.41) is 20.7. The Bertz CT molecular complexity index is 807. The standard InChI is InChI=1S/C29H45BrO4/c1-19(8-6-14-28(3,4)33)24-12-13-25-21(9-7-15-29(24,25)5)10-11-22-16-23(34-27(32)18-30)17-26(31)20(22)2/h10-11,19,23-26,31,33H,2,6-9,12-18H2,1,3-5H3/b21-10+,22-11-/t19-,23-,24-,25+,26+,29-/m1/s1. The average molecular weight is 538 g/mol. The van der Waals surface area contributed by atoms with Gasteiger partial charge in [0.1, 0.15) is 11.4 Å². The number of hydrogen-bond donors (Lipinski definition) is 2. The maximum Gasteiger partial charge on any atom is 0.316 e. The van der Waals surface area contributed by atoms with Crippen LogP contribution >= 0.6 is 15.9 Å². The lowest BCUT2D eigenvalue weighted by molar-refractivity contribution is -0.147. The molecule has 0 aliphatic heterocycles. The van der Waals surface area contributed by atoms with E-state index in [1.807, 2.05) is 13.8 Å². The van der Waals surface area contributed by atoms with Gasteiger partial charge in [-0.15, -0.1) is 0 Å². The molecular formula is C29H45BrO4. The number of esters is 1. The average Bonchev–Trinajstić information content (AvgIpc) is 3.11. The number of allylic oxidation sites excluding steroid dienone is 3. The van der Waals surface area contributed by atoms with Gasteiger partial charge in [0.25, 0.3) is 0 Å². The van der Waals surface area contributed by atoms with Crippen molar-refractivity contribution in [3.8, 4) is 0 Å². The Morgan fingerprint density at radius 3 is 2.76 bits per heavy atom. The summed E-state index contributed by atoms with van der Waals surface area (Å²) in [7, 11) is 0. The lowest BCUT2D eigenvalue weighted by Crippen LogP contribution is -2.36. The molecule has 5 heteroatoms. The minimum Gasteiger partial charge on any atom is -0.461 e. The smallest absolute Gasteiger partial charge is 0.316 e. The normalized spacial score (nSPS) is 35.4. The van der Waals surface area contributed by atoms with Crippen LogP contribution in [0.4, 0.5) is 0 Å². The Balaban J connectivity index is 1.71. The van der Waals surface area contributed by atoms with Gasteiger partial charge in [-0.3, -0.25) is 4.79 Å². The molecule has 3 aliphatic rings. The summed E-state index contributed by atoms with van der Waals surface area (Å²) in [6.45, 7) is 12.9. The first-order chi connectivity index (χ1) is 15.9. The molecular weight excluding hydrogens is 492 g/mol. The van der Waals surface area contributed by atoms with Crippen molar-refractivity contribution in [3.63, 3.8) is 0 Å². The Hall–Kier alpha value is -0.910. The summed E-state index contributed by atoms with van der Waals surface area (Å²) in [6, 6.07) is 0. The predicted octanol–water partition coefficient (Wildman–Crippen LogP) is 6.65. The van der Waals surface area contributed by atoms with E-state index >= 15 is 0 Å². The molecule has 0 amide bonds. The van der Waals surface area contributed by atoms with Crippen LogP contribution in [0.15, 0.2) is 35.5 Å².